The van der Waals surface area contributed by atoms with Gasteiger partial charge in [-0.3, -0.25) is 0 Å². The molecule has 0 fully saturated rings. The zero-order chi connectivity index (χ0) is 8.53. The molecule has 0 aromatic carbocycles. The van der Waals surface area contributed by atoms with Crippen LogP contribution in [-0.2, 0) is 0 Å². The van der Waals surface area contributed by atoms with Gasteiger partial charge in [-0.15, -0.1) is 0 Å². The molecule has 0 saturated carbocycles. The van der Waals surface area contributed by atoms with Crippen molar-refractivity contribution in [2.24, 2.45) is 0 Å². The summed E-state index contributed by atoms with van der Waals surface area (Å²) in [6.07, 6.45) is 5.08. The summed E-state index contributed by atoms with van der Waals surface area (Å²) in [5.74, 6) is 0. The van der Waals surface area contributed by atoms with Crippen LogP contribution in [0.4, 0.5) is 0 Å². The predicted octanol–water partition coefficient (Wildman–Crippen LogP) is 2.72. The summed E-state index contributed by atoms with van der Waals surface area (Å²) in [6, 6.07) is 0. The van der Waals surface area contributed by atoms with Crippen LogP contribution in [0, 0.1) is 6.92 Å². The van der Waals surface area contributed by atoms with Gasteiger partial charge in [0.25, 0.3) is 0 Å². The molecule has 0 atom stereocenters. The van der Waals surface area contributed by atoms with Gasteiger partial charge in [-0.05, 0) is 26.1 Å². The molecule has 1 heteroatoms. The second-order valence-corrected chi connectivity index (χ2v) is 2.94. The third-order valence-electron chi connectivity index (χ3n) is 2.12. The van der Waals surface area contributed by atoms with Crippen LogP contribution in [0.1, 0.15) is 39.5 Å². The molecule has 0 saturated heterocycles. The summed E-state index contributed by atoms with van der Waals surface area (Å²) in [5, 5.41) is 0. The van der Waals surface area contributed by atoms with E-state index in [0.717, 1.165) is 6.42 Å². The normalized spacial score (nSPS) is 10.9. The molecule has 0 N–H and O–H groups in total. The summed E-state index contributed by atoms with van der Waals surface area (Å²) < 4.78 is 0. The van der Waals surface area contributed by atoms with E-state index in [4.69, 9.17) is 0 Å². The summed E-state index contributed by atoms with van der Waals surface area (Å²) in [4.78, 5) is 2.48. The summed E-state index contributed by atoms with van der Waals surface area (Å²) in [5.41, 5.74) is 0. The molecular weight excluding hydrogens is 134 g/mol. The van der Waals surface area contributed by atoms with Crippen LogP contribution >= 0.6 is 0 Å². The lowest BCUT2D eigenvalue weighted by atomic mass is 10.2. The number of rotatable bonds is 7. The van der Waals surface area contributed by atoms with E-state index in [9.17, 15) is 0 Å². The fraction of sp³-hybridized carbons (Fsp3) is 0.900. The lowest BCUT2D eigenvalue weighted by Crippen LogP contribution is -2.23. The quantitative estimate of drug-likeness (QED) is 0.512. The number of hydrogen-bond donors (Lipinski definition) is 0. The monoisotopic (exact) mass is 156 g/mol. The van der Waals surface area contributed by atoms with Gasteiger partial charge >= 0.3 is 0 Å². The first-order chi connectivity index (χ1) is 5.35. The van der Waals surface area contributed by atoms with Gasteiger partial charge in [0, 0.05) is 0 Å². The van der Waals surface area contributed by atoms with Gasteiger partial charge in [0.15, 0.2) is 0 Å². The molecule has 1 nitrogen and oxygen atoms in total. The fourth-order valence-electron chi connectivity index (χ4n) is 1.23. The maximum Gasteiger partial charge on any atom is -0.00190 e. The molecule has 0 bridgehead atoms. The third-order valence-corrected chi connectivity index (χ3v) is 2.12. The molecule has 0 aliphatic carbocycles. The maximum atomic E-state index is 3.83. The van der Waals surface area contributed by atoms with E-state index in [1.54, 1.807) is 0 Å². The minimum absolute atomic E-state index is 1.10. The molecule has 0 spiro atoms. The topological polar surface area (TPSA) is 3.24 Å². The SMILES string of the molecule is [CH2]CCCCCN(CC)CC. The average Bonchev–Trinajstić information content (AvgIpc) is 2.05. The highest BCUT2D eigenvalue weighted by Crippen LogP contribution is 2.00. The first-order valence-corrected chi connectivity index (χ1v) is 4.86. The Kier molecular flexibility index (Phi) is 8.03. The van der Waals surface area contributed by atoms with Crippen molar-refractivity contribution in [3.05, 3.63) is 6.92 Å². The first-order valence-electron chi connectivity index (χ1n) is 4.86. The Morgan fingerprint density at radius 2 is 1.64 bits per heavy atom. The molecule has 0 aliphatic rings. The highest BCUT2D eigenvalue weighted by atomic mass is 15.1. The molecular formula is C10H22N. The summed E-state index contributed by atoms with van der Waals surface area (Å²) in [7, 11) is 0. The molecule has 67 valence electrons. The fourth-order valence-corrected chi connectivity index (χ4v) is 1.23. The van der Waals surface area contributed by atoms with Crippen molar-refractivity contribution in [2.45, 2.75) is 39.5 Å². The zero-order valence-electron chi connectivity index (χ0n) is 8.10. The van der Waals surface area contributed by atoms with E-state index in [1.807, 2.05) is 0 Å². The number of nitrogens with zero attached hydrogens (tertiary/aromatic N) is 1. The Bertz CT molecular complexity index is 67.3. The van der Waals surface area contributed by atoms with E-state index >= 15 is 0 Å². The maximum absolute atomic E-state index is 3.83. The van der Waals surface area contributed by atoms with E-state index < -0.39 is 0 Å². The van der Waals surface area contributed by atoms with Crippen LogP contribution in [0.5, 0.6) is 0 Å². The standard InChI is InChI=1S/C10H22N/c1-4-7-8-9-10-11(5-2)6-3/h1,4-10H2,2-3H3. The van der Waals surface area contributed by atoms with Crippen LogP contribution in [0.25, 0.3) is 0 Å². The van der Waals surface area contributed by atoms with Gasteiger partial charge < -0.3 is 4.90 Å². The smallest absolute Gasteiger partial charge is 0.00190 e. The molecule has 0 amide bonds. The lowest BCUT2D eigenvalue weighted by Gasteiger charge is -2.17. The van der Waals surface area contributed by atoms with E-state index in [2.05, 4.69) is 25.7 Å². The van der Waals surface area contributed by atoms with Crippen molar-refractivity contribution in [1.82, 2.24) is 4.90 Å². The number of unbranched alkanes of at least 4 members (excludes halogenated alkanes) is 3. The Balaban J connectivity index is 3.07. The molecule has 0 aromatic heterocycles. The van der Waals surface area contributed by atoms with Crippen molar-refractivity contribution in [2.75, 3.05) is 19.6 Å². The van der Waals surface area contributed by atoms with Gasteiger partial charge in [0.2, 0.25) is 0 Å². The Morgan fingerprint density at radius 3 is 2.09 bits per heavy atom. The van der Waals surface area contributed by atoms with Crippen LogP contribution < -0.4 is 0 Å². The van der Waals surface area contributed by atoms with Crippen molar-refractivity contribution >= 4 is 0 Å². The molecule has 11 heavy (non-hydrogen) atoms. The highest BCUT2D eigenvalue weighted by molar-refractivity contribution is 4.52. The number of hydrogen-bond acceptors (Lipinski definition) is 1. The van der Waals surface area contributed by atoms with Gasteiger partial charge in [0.05, 0.1) is 0 Å². The van der Waals surface area contributed by atoms with Crippen LogP contribution in [0.3, 0.4) is 0 Å². The summed E-state index contributed by atoms with van der Waals surface area (Å²) in [6.45, 7) is 11.9. The van der Waals surface area contributed by atoms with Gasteiger partial charge in [0.1, 0.15) is 0 Å². The average molecular weight is 156 g/mol. The highest BCUT2D eigenvalue weighted by Gasteiger charge is 1.96. The zero-order valence-corrected chi connectivity index (χ0v) is 8.10. The van der Waals surface area contributed by atoms with E-state index in [-0.39, 0.29) is 0 Å². The van der Waals surface area contributed by atoms with Crippen LogP contribution in [0.15, 0.2) is 0 Å². The Morgan fingerprint density at radius 1 is 1.00 bits per heavy atom. The second-order valence-electron chi connectivity index (χ2n) is 2.94. The van der Waals surface area contributed by atoms with Crippen LogP contribution in [-0.4, -0.2) is 24.5 Å². The summed E-state index contributed by atoms with van der Waals surface area (Å²) >= 11 is 0. The minimum atomic E-state index is 1.10. The first kappa shape index (κ1) is 11.0. The van der Waals surface area contributed by atoms with Crippen LogP contribution in [0.2, 0.25) is 0 Å². The van der Waals surface area contributed by atoms with Gasteiger partial charge in [-0.2, -0.15) is 0 Å². The van der Waals surface area contributed by atoms with Crippen molar-refractivity contribution in [3.63, 3.8) is 0 Å². The molecule has 0 aliphatic heterocycles. The molecule has 1 radical (unpaired) electrons. The molecule has 0 rings (SSSR count). The second kappa shape index (κ2) is 8.06. The Labute approximate surface area is 71.8 Å². The third kappa shape index (κ3) is 6.36. The van der Waals surface area contributed by atoms with E-state index in [1.165, 1.54) is 38.9 Å². The molecule has 0 aromatic rings. The van der Waals surface area contributed by atoms with E-state index in [0.29, 0.717) is 0 Å². The molecule has 0 unspecified atom stereocenters. The molecule has 0 heterocycles. The van der Waals surface area contributed by atoms with Crippen molar-refractivity contribution in [1.29, 1.82) is 0 Å². The van der Waals surface area contributed by atoms with Crippen molar-refractivity contribution < 1.29 is 0 Å². The van der Waals surface area contributed by atoms with Crippen molar-refractivity contribution in [3.8, 4) is 0 Å². The van der Waals surface area contributed by atoms with Gasteiger partial charge in [-0.25, -0.2) is 0 Å². The minimum Gasteiger partial charge on any atom is -0.304 e. The van der Waals surface area contributed by atoms with Gasteiger partial charge in [-0.1, -0.05) is 40.0 Å². The lowest BCUT2D eigenvalue weighted by molar-refractivity contribution is 0.296. The largest absolute Gasteiger partial charge is 0.304 e. The predicted molar refractivity (Wildman–Crippen MR) is 51.6 cm³/mol. The Hall–Kier alpha value is -0.0400.